The van der Waals surface area contributed by atoms with Gasteiger partial charge in [0.2, 0.25) is 5.91 Å². The van der Waals surface area contributed by atoms with Crippen LogP contribution in [0.4, 0.5) is 15.8 Å². The van der Waals surface area contributed by atoms with Gasteiger partial charge in [-0.15, -0.1) is 0 Å². The van der Waals surface area contributed by atoms with Gasteiger partial charge in [-0.1, -0.05) is 37.6 Å². The van der Waals surface area contributed by atoms with E-state index in [0.29, 0.717) is 11.4 Å². The van der Waals surface area contributed by atoms with Gasteiger partial charge in [0, 0.05) is 11.8 Å². The number of aryl methyl sites for hydroxylation is 1. The number of ether oxygens (including phenoxy) is 2. The smallest absolute Gasteiger partial charge is 0.265 e. The number of nitrogens with zero attached hydrogens (tertiary/aromatic N) is 1. The summed E-state index contributed by atoms with van der Waals surface area (Å²) in [5.74, 6) is -0.859. The molecule has 0 aliphatic rings. The zero-order chi connectivity index (χ0) is 25.4. The summed E-state index contributed by atoms with van der Waals surface area (Å²) < 4.78 is 53.0. The molecular weight excluding hydrogens is 471 g/mol. The number of hydrogen-bond donors (Lipinski definition) is 1. The summed E-state index contributed by atoms with van der Waals surface area (Å²) in [7, 11) is -1.53. The molecule has 3 aromatic rings. The molecule has 0 saturated carbocycles. The molecule has 0 fully saturated rings. The highest BCUT2D eigenvalue weighted by Crippen LogP contribution is 2.33. The van der Waals surface area contributed by atoms with Crippen molar-refractivity contribution in [2.24, 2.45) is 0 Å². The van der Waals surface area contributed by atoms with E-state index in [4.69, 9.17) is 9.47 Å². The SMILES string of the molecule is CCCCc1ccc(NC(=O)CN(c2ccccc2F)S(=O)(=O)c2ccc(OC)c(OC)c2)cc1. The molecule has 1 N–H and O–H groups in total. The minimum absolute atomic E-state index is 0.175. The number of para-hydroxylation sites is 1. The number of halogens is 1. The summed E-state index contributed by atoms with van der Waals surface area (Å²) in [6.07, 6.45) is 3.09. The van der Waals surface area contributed by atoms with Crippen LogP contribution >= 0.6 is 0 Å². The molecule has 186 valence electrons. The summed E-state index contributed by atoms with van der Waals surface area (Å²) in [5.41, 5.74) is 1.42. The first-order valence-corrected chi connectivity index (χ1v) is 12.6. The third kappa shape index (κ3) is 6.30. The molecule has 0 aliphatic heterocycles. The molecule has 0 atom stereocenters. The second-order valence-corrected chi connectivity index (χ2v) is 9.69. The van der Waals surface area contributed by atoms with Crippen molar-refractivity contribution in [3.63, 3.8) is 0 Å². The maximum absolute atomic E-state index is 14.7. The molecule has 0 unspecified atom stereocenters. The van der Waals surface area contributed by atoms with Crippen LogP contribution in [0.3, 0.4) is 0 Å². The molecule has 1 amide bonds. The van der Waals surface area contributed by atoms with Crippen LogP contribution in [-0.4, -0.2) is 35.1 Å². The lowest BCUT2D eigenvalue weighted by Crippen LogP contribution is -2.38. The van der Waals surface area contributed by atoms with Gasteiger partial charge in [0.15, 0.2) is 11.5 Å². The fraction of sp³-hybridized carbons (Fsp3) is 0.269. The molecule has 35 heavy (non-hydrogen) atoms. The zero-order valence-corrected chi connectivity index (χ0v) is 20.8. The Kier molecular flexibility index (Phi) is 8.70. The van der Waals surface area contributed by atoms with Crippen molar-refractivity contribution in [3.05, 3.63) is 78.1 Å². The van der Waals surface area contributed by atoms with Crippen molar-refractivity contribution < 1.29 is 27.1 Å². The fourth-order valence-corrected chi connectivity index (χ4v) is 4.97. The quantitative estimate of drug-likeness (QED) is 0.400. The summed E-state index contributed by atoms with van der Waals surface area (Å²) in [5, 5.41) is 2.70. The van der Waals surface area contributed by atoms with Crippen molar-refractivity contribution in [2.75, 3.05) is 30.4 Å². The molecule has 0 bridgehead atoms. The number of methoxy groups -OCH3 is 2. The zero-order valence-electron chi connectivity index (χ0n) is 20.0. The van der Waals surface area contributed by atoms with E-state index in [-0.39, 0.29) is 16.3 Å². The second-order valence-electron chi connectivity index (χ2n) is 7.83. The molecule has 3 aromatic carbocycles. The largest absolute Gasteiger partial charge is 0.493 e. The molecule has 7 nitrogen and oxygen atoms in total. The minimum atomic E-state index is -4.34. The van der Waals surface area contributed by atoms with Gasteiger partial charge in [-0.25, -0.2) is 12.8 Å². The number of benzene rings is 3. The van der Waals surface area contributed by atoms with E-state index in [9.17, 15) is 17.6 Å². The number of hydrogen-bond acceptors (Lipinski definition) is 5. The van der Waals surface area contributed by atoms with Gasteiger partial charge >= 0.3 is 0 Å². The van der Waals surface area contributed by atoms with Gasteiger partial charge in [0.05, 0.1) is 24.8 Å². The monoisotopic (exact) mass is 500 g/mol. The molecule has 0 radical (unpaired) electrons. The molecular formula is C26H29FN2O5S. The molecule has 0 saturated heterocycles. The van der Waals surface area contributed by atoms with E-state index in [1.807, 2.05) is 12.1 Å². The second kappa shape index (κ2) is 11.7. The standard InChI is InChI=1S/C26H29FN2O5S/c1-4-5-8-19-11-13-20(14-12-19)28-26(30)18-29(23-10-7-6-9-22(23)27)35(31,32)21-15-16-24(33-2)25(17-21)34-3/h6-7,9-17H,4-5,8,18H2,1-3H3,(H,28,30). The van der Waals surface area contributed by atoms with Gasteiger partial charge in [-0.05, 0) is 54.8 Å². The predicted octanol–water partition coefficient (Wildman–Crippen LogP) is 5.02. The van der Waals surface area contributed by atoms with Crippen LogP contribution in [0.1, 0.15) is 25.3 Å². The summed E-state index contributed by atoms with van der Waals surface area (Å²) >= 11 is 0. The van der Waals surface area contributed by atoms with Gasteiger partial charge in [0.25, 0.3) is 10.0 Å². The van der Waals surface area contributed by atoms with Crippen LogP contribution in [-0.2, 0) is 21.2 Å². The Morgan fingerprint density at radius 2 is 1.66 bits per heavy atom. The van der Waals surface area contributed by atoms with Crippen molar-refractivity contribution in [3.8, 4) is 11.5 Å². The van der Waals surface area contributed by atoms with Gasteiger partial charge in [0.1, 0.15) is 12.4 Å². The molecule has 9 heteroatoms. The normalized spacial score (nSPS) is 11.1. The van der Waals surface area contributed by atoms with Crippen LogP contribution in [0.5, 0.6) is 11.5 Å². The van der Waals surface area contributed by atoms with Crippen molar-refractivity contribution in [2.45, 2.75) is 31.1 Å². The average molecular weight is 501 g/mol. The maximum atomic E-state index is 14.7. The molecule has 0 heterocycles. The Morgan fingerprint density at radius 1 is 0.971 bits per heavy atom. The third-order valence-electron chi connectivity index (χ3n) is 5.41. The summed E-state index contributed by atoms with van der Waals surface area (Å²) in [4.78, 5) is 12.7. The number of amides is 1. The topological polar surface area (TPSA) is 84.9 Å². The Hall–Kier alpha value is -3.59. The highest BCUT2D eigenvalue weighted by atomic mass is 32.2. The Bertz CT molecular complexity index is 1260. The number of sulfonamides is 1. The lowest BCUT2D eigenvalue weighted by atomic mass is 10.1. The molecule has 0 aliphatic carbocycles. The van der Waals surface area contributed by atoms with Crippen LogP contribution in [0.15, 0.2) is 71.6 Å². The number of rotatable bonds is 11. The first-order chi connectivity index (χ1) is 16.8. The van der Waals surface area contributed by atoms with Crippen LogP contribution in [0, 0.1) is 5.82 Å². The third-order valence-corrected chi connectivity index (χ3v) is 7.16. The fourth-order valence-electron chi connectivity index (χ4n) is 3.52. The van der Waals surface area contributed by atoms with Crippen LogP contribution < -0.4 is 19.1 Å². The summed E-state index contributed by atoms with van der Waals surface area (Å²) in [6.45, 7) is 1.49. The molecule has 0 spiro atoms. The lowest BCUT2D eigenvalue weighted by Gasteiger charge is -2.25. The van der Waals surface area contributed by atoms with E-state index < -0.39 is 28.3 Å². The number of nitrogens with one attached hydrogen (secondary N) is 1. The number of carbonyl (C=O) groups excluding carboxylic acids is 1. The Morgan fingerprint density at radius 3 is 2.29 bits per heavy atom. The Labute approximate surface area is 205 Å². The minimum Gasteiger partial charge on any atom is -0.493 e. The highest BCUT2D eigenvalue weighted by Gasteiger charge is 2.30. The van der Waals surface area contributed by atoms with Crippen LogP contribution in [0.25, 0.3) is 0 Å². The van der Waals surface area contributed by atoms with Crippen molar-refractivity contribution in [1.82, 2.24) is 0 Å². The summed E-state index contributed by atoms with van der Waals surface area (Å²) in [6, 6.07) is 16.8. The van der Waals surface area contributed by atoms with Crippen LogP contribution in [0.2, 0.25) is 0 Å². The highest BCUT2D eigenvalue weighted by molar-refractivity contribution is 7.92. The Balaban J connectivity index is 1.91. The molecule has 3 rings (SSSR count). The van der Waals surface area contributed by atoms with E-state index in [2.05, 4.69) is 12.2 Å². The predicted molar refractivity (Wildman–Crippen MR) is 134 cm³/mol. The maximum Gasteiger partial charge on any atom is 0.265 e. The van der Waals surface area contributed by atoms with E-state index in [1.54, 1.807) is 12.1 Å². The van der Waals surface area contributed by atoms with Gasteiger partial charge < -0.3 is 14.8 Å². The van der Waals surface area contributed by atoms with Crippen molar-refractivity contribution in [1.29, 1.82) is 0 Å². The number of carbonyl (C=O) groups is 1. The van der Waals surface area contributed by atoms with E-state index in [0.717, 1.165) is 35.2 Å². The first kappa shape index (κ1) is 26.0. The van der Waals surface area contributed by atoms with E-state index >= 15 is 0 Å². The number of anilines is 2. The van der Waals surface area contributed by atoms with Gasteiger partial charge in [-0.3, -0.25) is 9.10 Å². The van der Waals surface area contributed by atoms with Gasteiger partial charge in [-0.2, -0.15) is 0 Å². The lowest BCUT2D eigenvalue weighted by molar-refractivity contribution is -0.114. The van der Waals surface area contributed by atoms with Crippen molar-refractivity contribution >= 4 is 27.3 Å². The number of unbranched alkanes of at least 4 members (excludes halogenated alkanes) is 1. The first-order valence-electron chi connectivity index (χ1n) is 11.2. The van der Waals surface area contributed by atoms with E-state index in [1.165, 1.54) is 50.6 Å². The average Bonchev–Trinajstić information content (AvgIpc) is 2.86. The molecule has 0 aromatic heterocycles.